The van der Waals surface area contributed by atoms with E-state index < -0.39 is 0 Å². The maximum Gasteiger partial charge on any atom is 0.0594 e. The molecule has 2 fully saturated rings. The second kappa shape index (κ2) is 7.91. The summed E-state index contributed by atoms with van der Waals surface area (Å²) in [4.78, 5) is 5.19. The van der Waals surface area contributed by atoms with Crippen LogP contribution in [-0.4, -0.2) is 73.4 Å². The lowest BCUT2D eigenvalue weighted by molar-refractivity contribution is -0.0105. The molecule has 2 heterocycles. The van der Waals surface area contributed by atoms with Crippen molar-refractivity contribution in [2.24, 2.45) is 0 Å². The molecule has 1 unspecified atom stereocenters. The van der Waals surface area contributed by atoms with E-state index in [4.69, 9.17) is 4.74 Å². The van der Waals surface area contributed by atoms with Gasteiger partial charge in [-0.25, -0.2) is 0 Å². The van der Waals surface area contributed by atoms with Gasteiger partial charge in [0.1, 0.15) is 0 Å². The van der Waals surface area contributed by atoms with E-state index in [1.165, 1.54) is 32.4 Å². The smallest absolute Gasteiger partial charge is 0.0594 e. The molecule has 0 bridgehead atoms. The molecule has 1 N–H and O–H groups in total. The van der Waals surface area contributed by atoms with Crippen LogP contribution in [0.4, 0.5) is 0 Å². The van der Waals surface area contributed by atoms with Crippen molar-refractivity contribution in [1.82, 2.24) is 15.1 Å². The van der Waals surface area contributed by atoms with Crippen molar-refractivity contribution in [2.45, 2.75) is 64.6 Å². The Balaban J connectivity index is 1.76. The van der Waals surface area contributed by atoms with E-state index in [0.717, 1.165) is 32.8 Å². The monoisotopic (exact) mass is 297 g/mol. The lowest BCUT2D eigenvalue weighted by Gasteiger charge is -2.41. The van der Waals surface area contributed by atoms with Crippen LogP contribution in [0.1, 0.15) is 47.0 Å². The summed E-state index contributed by atoms with van der Waals surface area (Å²) in [6, 6.07) is 1.38. The van der Waals surface area contributed by atoms with Crippen molar-refractivity contribution in [3.05, 3.63) is 0 Å². The van der Waals surface area contributed by atoms with Crippen molar-refractivity contribution in [1.29, 1.82) is 0 Å². The number of nitrogens with zero attached hydrogens (tertiary/aromatic N) is 2. The summed E-state index contributed by atoms with van der Waals surface area (Å²) < 4.78 is 5.47. The van der Waals surface area contributed by atoms with Gasteiger partial charge in [0.05, 0.1) is 13.2 Å². The third-order valence-corrected chi connectivity index (χ3v) is 5.18. The minimum atomic E-state index is 0.230. The highest BCUT2D eigenvalue weighted by molar-refractivity contribution is 4.87. The average Bonchev–Trinajstić information content (AvgIpc) is 2.72. The van der Waals surface area contributed by atoms with Gasteiger partial charge in [-0.05, 0) is 60.0 Å². The molecule has 2 saturated heterocycles. The van der Waals surface area contributed by atoms with Crippen LogP contribution in [0.2, 0.25) is 0 Å². The molecule has 0 spiro atoms. The molecule has 124 valence electrons. The van der Waals surface area contributed by atoms with E-state index in [0.29, 0.717) is 12.1 Å². The van der Waals surface area contributed by atoms with E-state index >= 15 is 0 Å². The van der Waals surface area contributed by atoms with Crippen LogP contribution < -0.4 is 5.32 Å². The minimum Gasteiger partial charge on any atom is -0.379 e. The van der Waals surface area contributed by atoms with Crippen LogP contribution in [0.15, 0.2) is 0 Å². The summed E-state index contributed by atoms with van der Waals surface area (Å²) in [5.41, 5.74) is 0.230. The van der Waals surface area contributed by atoms with Crippen molar-refractivity contribution in [3.8, 4) is 0 Å². The normalized spacial score (nSPS) is 27.0. The predicted molar refractivity (Wildman–Crippen MR) is 88.8 cm³/mol. The summed E-state index contributed by atoms with van der Waals surface area (Å²) in [5, 5.41) is 3.85. The van der Waals surface area contributed by atoms with Gasteiger partial charge >= 0.3 is 0 Å². The lowest BCUT2D eigenvalue weighted by Crippen LogP contribution is -2.55. The maximum absolute atomic E-state index is 5.47. The van der Waals surface area contributed by atoms with Gasteiger partial charge in [0.15, 0.2) is 0 Å². The zero-order chi connectivity index (χ0) is 15.3. The third kappa shape index (κ3) is 5.20. The molecular formula is C17H35N3O. The van der Waals surface area contributed by atoms with Gasteiger partial charge < -0.3 is 15.0 Å². The number of hydrogen-bond donors (Lipinski definition) is 1. The molecule has 0 saturated carbocycles. The zero-order valence-electron chi connectivity index (χ0n) is 14.5. The quantitative estimate of drug-likeness (QED) is 0.839. The number of morpholine rings is 1. The summed E-state index contributed by atoms with van der Waals surface area (Å²) in [7, 11) is 0. The van der Waals surface area contributed by atoms with Gasteiger partial charge in [0.25, 0.3) is 0 Å². The SMILES string of the molecule is CC(C)N1CCCC(NCC(C)(C)N2CCOCC2)CC1. The largest absolute Gasteiger partial charge is 0.379 e. The van der Waals surface area contributed by atoms with Crippen molar-refractivity contribution in [3.63, 3.8) is 0 Å². The Bertz CT molecular complexity index is 300. The first kappa shape index (κ1) is 17.2. The van der Waals surface area contributed by atoms with Crippen LogP contribution in [0, 0.1) is 0 Å². The van der Waals surface area contributed by atoms with Crippen LogP contribution >= 0.6 is 0 Å². The van der Waals surface area contributed by atoms with E-state index in [1.807, 2.05) is 0 Å². The number of nitrogens with one attached hydrogen (secondary N) is 1. The van der Waals surface area contributed by atoms with E-state index in [2.05, 4.69) is 42.8 Å². The molecule has 0 aliphatic carbocycles. The second-order valence-corrected chi connectivity index (χ2v) is 7.55. The summed E-state index contributed by atoms with van der Waals surface area (Å²) in [6.07, 6.45) is 3.94. The van der Waals surface area contributed by atoms with Crippen molar-refractivity contribution >= 4 is 0 Å². The molecule has 2 aliphatic heterocycles. The molecule has 0 radical (unpaired) electrons. The Morgan fingerprint density at radius 1 is 1.10 bits per heavy atom. The van der Waals surface area contributed by atoms with E-state index in [-0.39, 0.29) is 5.54 Å². The first-order chi connectivity index (χ1) is 9.99. The Morgan fingerprint density at radius 2 is 1.81 bits per heavy atom. The Morgan fingerprint density at radius 3 is 2.48 bits per heavy atom. The third-order valence-electron chi connectivity index (χ3n) is 5.18. The summed E-state index contributed by atoms with van der Waals surface area (Å²) in [5.74, 6) is 0. The first-order valence-corrected chi connectivity index (χ1v) is 8.79. The van der Waals surface area contributed by atoms with Crippen LogP contribution in [0.3, 0.4) is 0 Å². The molecule has 0 aromatic rings. The second-order valence-electron chi connectivity index (χ2n) is 7.55. The van der Waals surface area contributed by atoms with E-state index in [9.17, 15) is 0 Å². The van der Waals surface area contributed by atoms with Gasteiger partial charge in [0, 0.05) is 37.3 Å². The molecule has 4 heteroatoms. The fourth-order valence-electron chi connectivity index (χ4n) is 3.51. The lowest BCUT2D eigenvalue weighted by atomic mass is 10.0. The van der Waals surface area contributed by atoms with Crippen molar-refractivity contribution in [2.75, 3.05) is 45.9 Å². The van der Waals surface area contributed by atoms with Gasteiger partial charge in [-0.15, -0.1) is 0 Å². The number of ether oxygens (including phenoxy) is 1. The van der Waals surface area contributed by atoms with Crippen LogP contribution in [0.25, 0.3) is 0 Å². The Kier molecular flexibility index (Phi) is 6.48. The molecule has 0 amide bonds. The molecule has 1 atom stereocenters. The van der Waals surface area contributed by atoms with Gasteiger partial charge in [-0.1, -0.05) is 0 Å². The number of likely N-dealkylation sites (tertiary alicyclic amines) is 1. The molecule has 21 heavy (non-hydrogen) atoms. The highest BCUT2D eigenvalue weighted by Gasteiger charge is 2.29. The maximum atomic E-state index is 5.47. The average molecular weight is 297 g/mol. The van der Waals surface area contributed by atoms with Crippen LogP contribution in [0.5, 0.6) is 0 Å². The van der Waals surface area contributed by atoms with Gasteiger partial charge in [-0.3, -0.25) is 4.90 Å². The predicted octanol–water partition coefficient (Wildman–Crippen LogP) is 1.95. The summed E-state index contributed by atoms with van der Waals surface area (Å²) >= 11 is 0. The topological polar surface area (TPSA) is 27.7 Å². The van der Waals surface area contributed by atoms with E-state index in [1.54, 1.807) is 0 Å². The molecule has 0 aromatic carbocycles. The van der Waals surface area contributed by atoms with Gasteiger partial charge in [0.2, 0.25) is 0 Å². The summed E-state index contributed by atoms with van der Waals surface area (Å²) in [6.45, 7) is 16.9. The fraction of sp³-hybridized carbons (Fsp3) is 1.00. The highest BCUT2D eigenvalue weighted by atomic mass is 16.5. The number of rotatable bonds is 5. The molecule has 2 aliphatic rings. The Hall–Kier alpha value is -0.160. The highest BCUT2D eigenvalue weighted by Crippen LogP contribution is 2.18. The fourth-order valence-corrected chi connectivity index (χ4v) is 3.51. The zero-order valence-corrected chi connectivity index (χ0v) is 14.5. The first-order valence-electron chi connectivity index (χ1n) is 8.79. The molecule has 4 nitrogen and oxygen atoms in total. The van der Waals surface area contributed by atoms with Gasteiger partial charge in [-0.2, -0.15) is 0 Å². The van der Waals surface area contributed by atoms with Crippen LogP contribution in [-0.2, 0) is 4.74 Å². The van der Waals surface area contributed by atoms with Crippen molar-refractivity contribution < 1.29 is 4.74 Å². The molecule has 2 rings (SSSR count). The standard InChI is InChI=1S/C17H35N3O/c1-15(2)19-8-5-6-16(7-9-19)18-14-17(3,4)20-10-12-21-13-11-20/h15-16,18H,5-14H2,1-4H3. The minimum absolute atomic E-state index is 0.230. The Labute approximate surface area is 131 Å². The number of hydrogen-bond acceptors (Lipinski definition) is 4. The molecular weight excluding hydrogens is 262 g/mol. The molecule has 0 aromatic heterocycles.